The maximum absolute atomic E-state index is 12.6. The molecule has 3 rings (SSSR count). The van der Waals surface area contributed by atoms with Crippen LogP contribution in [0, 0.1) is 0 Å². The molecule has 0 unspecified atom stereocenters. The van der Waals surface area contributed by atoms with Gasteiger partial charge in [-0.1, -0.05) is 0 Å². The van der Waals surface area contributed by atoms with Gasteiger partial charge in [0.1, 0.15) is 0 Å². The molecule has 0 spiro atoms. The lowest BCUT2D eigenvalue weighted by atomic mass is 10.2. The van der Waals surface area contributed by atoms with Gasteiger partial charge < -0.3 is 4.57 Å². The zero-order valence-corrected chi connectivity index (χ0v) is 10.6. The van der Waals surface area contributed by atoms with E-state index in [1.165, 1.54) is 36.8 Å². The number of nitrogens with zero attached hydrogens (tertiary/aromatic N) is 2. The summed E-state index contributed by atoms with van der Waals surface area (Å²) in [7, 11) is 0. The Hall–Kier alpha value is -2.63. The van der Waals surface area contributed by atoms with Crippen molar-refractivity contribution in [3.63, 3.8) is 0 Å². The van der Waals surface area contributed by atoms with E-state index in [1.807, 2.05) is 0 Å². The van der Waals surface area contributed by atoms with Crippen molar-refractivity contribution in [3.05, 3.63) is 70.8 Å². The van der Waals surface area contributed by atoms with Crippen LogP contribution in [0.3, 0.4) is 0 Å². The Balaban J connectivity index is 2.17. The van der Waals surface area contributed by atoms with Crippen molar-refractivity contribution in [2.24, 2.45) is 0 Å². The Kier molecular flexibility index (Phi) is 3.01. The number of hydrogen-bond donors (Lipinski definition) is 0. The van der Waals surface area contributed by atoms with Gasteiger partial charge in [-0.2, -0.15) is 13.2 Å². The molecular weight excluding hydrogens is 281 g/mol. The molecule has 0 bridgehead atoms. The van der Waals surface area contributed by atoms with Crippen LogP contribution in [0.4, 0.5) is 13.2 Å². The molecule has 1 aromatic carbocycles. The molecule has 0 atom stereocenters. The Morgan fingerprint density at radius 3 is 2.38 bits per heavy atom. The number of fused-ring (bicyclic) bond motifs is 1. The minimum Gasteiger partial charge on any atom is -0.316 e. The highest BCUT2D eigenvalue weighted by atomic mass is 19.4. The summed E-state index contributed by atoms with van der Waals surface area (Å²) in [4.78, 5) is 15.6. The summed E-state index contributed by atoms with van der Waals surface area (Å²) in [6.45, 7) is 0. The average Bonchev–Trinajstić information content (AvgIpc) is 2.47. The molecule has 2 heterocycles. The Labute approximate surface area is 117 Å². The van der Waals surface area contributed by atoms with Crippen LogP contribution in [0.25, 0.3) is 16.6 Å². The monoisotopic (exact) mass is 290 g/mol. The van der Waals surface area contributed by atoms with Crippen LogP contribution in [-0.4, -0.2) is 9.55 Å². The smallest absolute Gasteiger partial charge is 0.316 e. The highest BCUT2D eigenvalue weighted by Gasteiger charge is 2.29. The minimum absolute atomic E-state index is 0.179. The molecule has 3 aromatic rings. The first kappa shape index (κ1) is 13.4. The first-order valence-corrected chi connectivity index (χ1v) is 6.10. The first-order chi connectivity index (χ1) is 9.97. The molecule has 0 aliphatic rings. The predicted molar refractivity (Wildman–Crippen MR) is 72.3 cm³/mol. The van der Waals surface area contributed by atoms with Crippen molar-refractivity contribution >= 4 is 10.9 Å². The number of hydrogen-bond acceptors (Lipinski definition) is 2. The summed E-state index contributed by atoms with van der Waals surface area (Å²) in [5.74, 6) is 0. The molecule has 6 heteroatoms. The van der Waals surface area contributed by atoms with Crippen LogP contribution in [-0.2, 0) is 6.18 Å². The van der Waals surface area contributed by atoms with Crippen LogP contribution in [0.15, 0.2) is 59.8 Å². The SMILES string of the molecule is O=c1ccn(-c2ccc(C(F)(F)F)cc2)c2ccncc12. The fourth-order valence-corrected chi connectivity index (χ4v) is 2.14. The Morgan fingerprint density at radius 1 is 1.00 bits per heavy atom. The lowest BCUT2D eigenvalue weighted by Crippen LogP contribution is -2.08. The fourth-order valence-electron chi connectivity index (χ4n) is 2.14. The first-order valence-electron chi connectivity index (χ1n) is 6.10. The average molecular weight is 290 g/mol. The zero-order chi connectivity index (χ0) is 15.0. The van der Waals surface area contributed by atoms with E-state index in [0.717, 1.165) is 12.1 Å². The molecule has 0 aliphatic carbocycles. The van der Waals surface area contributed by atoms with E-state index in [4.69, 9.17) is 0 Å². The summed E-state index contributed by atoms with van der Waals surface area (Å²) < 4.78 is 39.4. The van der Waals surface area contributed by atoms with Gasteiger partial charge in [0.25, 0.3) is 0 Å². The van der Waals surface area contributed by atoms with Gasteiger partial charge in [-0.3, -0.25) is 9.78 Å². The second kappa shape index (κ2) is 4.73. The van der Waals surface area contributed by atoms with Gasteiger partial charge in [0.2, 0.25) is 0 Å². The number of alkyl halides is 3. The second-order valence-corrected chi connectivity index (χ2v) is 4.49. The summed E-state index contributed by atoms with van der Waals surface area (Å²) in [5.41, 5.74) is 0.246. The van der Waals surface area contributed by atoms with E-state index in [9.17, 15) is 18.0 Å². The molecule has 0 aliphatic heterocycles. The third kappa shape index (κ3) is 2.40. The topological polar surface area (TPSA) is 34.9 Å². The van der Waals surface area contributed by atoms with E-state index in [1.54, 1.807) is 10.6 Å². The van der Waals surface area contributed by atoms with E-state index >= 15 is 0 Å². The zero-order valence-electron chi connectivity index (χ0n) is 10.6. The van der Waals surface area contributed by atoms with Crippen molar-refractivity contribution in [3.8, 4) is 5.69 Å². The van der Waals surface area contributed by atoms with Gasteiger partial charge in [-0.15, -0.1) is 0 Å². The quantitative estimate of drug-likeness (QED) is 0.688. The molecule has 3 nitrogen and oxygen atoms in total. The van der Waals surface area contributed by atoms with Crippen molar-refractivity contribution in [2.45, 2.75) is 6.18 Å². The maximum atomic E-state index is 12.6. The number of rotatable bonds is 1. The second-order valence-electron chi connectivity index (χ2n) is 4.49. The third-order valence-corrected chi connectivity index (χ3v) is 3.17. The molecule has 0 saturated heterocycles. The van der Waals surface area contributed by atoms with Crippen LogP contribution in [0.1, 0.15) is 5.56 Å². The molecule has 0 amide bonds. The highest BCUT2D eigenvalue weighted by molar-refractivity contribution is 5.79. The minimum atomic E-state index is -4.37. The van der Waals surface area contributed by atoms with Crippen LogP contribution >= 0.6 is 0 Å². The van der Waals surface area contributed by atoms with E-state index in [-0.39, 0.29) is 5.43 Å². The van der Waals surface area contributed by atoms with Crippen LogP contribution in [0.2, 0.25) is 0 Å². The van der Waals surface area contributed by atoms with Gasteiger partial charge in [-0.25, -0.2) is 0 Å². The van der Waals surface area contributed by atoms with E-state index < -0.39 is 11.7 Å². The van der Waals surface area contributed by atoms with E-state index in [0.29, 0.717) is 16.6 Å². The summed E-state index contributed by atoms with van der Waals surface area (Å²) >= 11 is 0. The Morgan fingerprint density at radius 2 is 1.71 bits per heavy atom. The number of pyridine rings is 2. The molecule has 106 valence electrons. The molecular formula is C15H9F3N2O. The van der Waals surface area contributed by atoms with Crippen molar-refractivity contribution in [1.82, 2.24) is 9.55 Å². The number of benzene rings is 1. The van der Waals surface area contributed by atoms with Crippen LogP contribution < -0.4 is 5.43 Å². The third-order valence-electron chi connectivity index (χ3n) is 3.17. The van der Waals surface area contributed by atoms with Crippen LogP contribution in [0.5, 0.6) is 0 Å². The lowest BCUT2D eigenvalue weighted by Gasteiger charge is -2.12. The fraction of sp³-hybridized carbons (Fsp3) is 0.0667. The highest BCUT2D eigenvalue weighted by Crippen LogP contribution is 2.29. The van der Waals surface area contributed by atoms with Crippen molar-refractivity contribution in [1.29, 1.82) is 0 Å². The van der Waals surface area contributed by atoms with Gasteiger partial charge in [0, 0.05) is 30.3 Å². The van der Waals surface area contributed by atoms with Gasteiger partial charge in [0.05, 0.1) is 16.5 Å². The Bertz CT molecular complexity index is 851. The largest absolute Gasteiger partial charge is 0.416 e. The molecule has 0 saturated carbocycles. The molecule has 0 radical (unpaired) electrons. The summed E-state index contributed by atoms with van der Waals surface area (Å²) in [6.07, 6.45) is 0.141. The lowest BCUT2D eigenvalue weighted by molar-refractivity contribution is -0.137. The maximum Gasteiger partial charge on any atom is 0.416 e. The molecule has 2 aromatic heterocycles. The standard InChI is InChI=1S/C15H9F3N2O/c16-15(17,18)10-1-3-11(4-2-10)20-8-6-14(21)12-9-19-7-5-13(12)20/h1-9H. The van der Waals surface area contributed by atoms with Gasteiger partial charge in [-0.05, 0) is 30.3 Å². The summed E-state index contributed by atoms with van der Waals surface area (Å²) in [5, 5.41) is 0.417. The normalized spacial score (nSPS) is 11.8. The summed E-state index contributed by atoms with van der Waals surface area (Å²) in [6, 6.07) is 7.78. The van der Waals surface area contributed by atoms with E-state index in [2.05, 4.69) is 4.98 Å². The number of halogens is 3. The predicted octanol–water partition coefficient (Wildman–Crippen LogP) is 3.40. The molecule has 0 N–H and O–H groups in total. The van der Waals surface area contributed by atoms with Gasteiger partial charge in [0.15, 0.2) is 5.43 Å². The van der Waals surface area contributed by atoms with Crippen molar-refractivity contribution < 1.29 is 13.2 Å². The van der Waals surface area contributed by atoms with Gasteiger partial charge >= 0.3 is 6.18 Å². The molecule has 21 heavy (non-hydrogen) atoms. The molecule has 0 fully saturated rings. The number of aromatic nitrogens is 2. The van der Waals surface area contributed by atoms with Crippen molar-refractivity contribution in [2.75, 3.05) is 0 Å².